The van der Waals surface area contributed by atoms with Crippen LogP contribution in [0.25, 0.3) is 0 Å². The molecule has 2 bridgehead atoms. The molecule has 2 aliphatic heterocycles. The molecule has 1 saturated heterocycles. The van der Waals surface area contributed by atoms with Gasteiger partial charge in [0.25, 0.3) is 5.91 Å². The van der Waals surface area contributed by atoms with Crippen LogP contribution in [0.2, 0.25) is 0 Å². The second-order valence-electron chi connectivity index (χ2n) is 7.16. The van der Waals surface area contributed by atoms with Crippen molar-refractivity contribution in [2.75, 3.05) is 19.1 Å². The highest BCUT2D eigenvalue weighted by molar-refractivity contribution is 6.04. The Balaban J connectivity index is 1.75. The van der Waals surface area contributed by atoms with E-state index in [-0.39, 0.29) is 11.8 Å². The maximum Gasteiger partial charge on any atom is 0.282 e. The van der Waals surface area contributed by atoms with Crippen molar-refractivity contribution < 1.29 is 19.0 Å². The largest absolute Gasteiger partial charge is 0.497 e. The van der Waals surface area contributed by atoms with E-state index in [0.717, 1.165) is 22.6 Å². The lowest BCUT2D eigenvalue weighted by atomic mass is 9.93. The molecule has 5 rings (SSSR count). The fourth-order valence-electron chi connectivity index (χ4n) is 4.43. The summed E-state index contributed by atoms with van der Waals surface area (Å²) in [6, 6.07) is 24.9. The molecule has 0 aromatic heterocycles. The van der Waals surface area contributed by atoms with Crippen molar-refractivity contribution in [2.45, 2.75) is 18.1 Å². The van der Waals surface area contributed by atoms with Crippen molar-refractivity contribution in [1.29, 1.82) is 0 Å². The molecule has 3 aromatic carbocycles. The summed E-state index contributed by atoms with van der Waals surface area (Å²) in [7, 11) is 3.26. The number of para-hydroxylation sites is 1. The maximum atomic E-state index is 13.4. The first-order valence-corrected chi connectivity index (χ1v) is 9.54. The van der Waals surface area contributed by atoms with Crippen molar-refractivity contribution in [3.8, 4) is 5.75 Å². The van der Waals surface area contributed by atoms with Crippen molar-refractivity contribution in [1.82, 2.24) is 0 Å². The molecule has 2 aliphatic rings. The third-order valence-electron chi connectivity index (χ3n) is 5.73. The molecule has 146 valence electrons. The highest BCUT2D eigenvalue weighted by Gasteiger charge is 2.62. The summed E-state index contributed by atoms with van der Waals surface area (Å²) in [5.74, 6) is -0.452. The molecule has 5 heteroatoms. The lowest BCUT2D eigenvalue weighted by molar-refractivity contribution is -0.215. The molecule has 3 aromatic rings. The van der Waals surface area contributed by atoms with Crippen molar-refractivity contribution in [2.24, 2.45) is 0 Å². The lowest BCUT2D eigenvalue weighted by Crippen LogP contribution is -2.46. The summed E-state index contributed by atoms with van der Waals surface area (Å²) in [5, 5.41) is 0. The normalized spacial score (nSPS) is 25.0. The van der Waals surface area contributed by atoms with E-state index >= 15 is 0 Å². The summed E-state index contributed by atoms with van der Waals surface area (Å²) in [6.07, 6.45) is -0.682. The minimum absolute atomic E-state index is 0.0347. The number of carbonyl (C=O) groups is 1. The molecule has 0 spiro atoms. The molecule has 5 nitrogen and oxygen atoms in total. The van der Waals surface area contributed by atoms with E-state index in [1.807, 2.05) is 78.9 Å². The molecule has 1 fully saturated rings. The van der Waals surface area contributed by atoms with E-state index in [4.69, 9.17) is 14.2 Å². The summed E-state index contributed by atoms with van der Waals surface area (Å²) >= 11 is 0. The minimum atomic E-state index is -1.18. The molecular weight excluding hydrogens is 366 g/mol. The minimum Gasteiger partial charge on any atom is -0.497 e. The van der Waals surface area contributed by atoms with Gasteiger partial charge in [-0.15, -0.1) is 0 Å². The number of nitrogens with zero attached hydrogens (tertiary/aromatic N) is 1. The summed E-state index contributed by atoms with van der Waals surface area (Å²) < 4.78 is 17.7. The molecule has 0 aliphatic carbocycles. The first-order chi connectivity index (χ1) is 14.2. The number of methoxy groups -OCH3 is 2. The van der Waals surface area contributed by atoms with E-state index in [0.29, 0.717) is 5.56 Å². The summed E-state index contributed by atoms with van der Waals surface area (Å²) in [4.78, 5) is 15.5. The second-order valence-corrected chi connectivity index (χ2v) is 7.16. The Hall–Kier alpha value is -3.15. The predicted octanol–water partition coefficient (Wildman–Crippen LogP) is 4.29. The third-order valence-corrected chi connectivity index (χ3v) is 5.73. The number of Topliss-reactive ketones (excluding diaryl/α,β-unsaturated/α-hetero) is 1. The number of hydrogen-bond donors (Lipinski definition) is 0. The number of rotatable bonds is 4. The van der Waals surface area contributed by atoms with E-state index in [1.165, 1.54) is 0 Å². The fourth-order valence-corrected chi connectivity index (χ4v) is 4.43. The zero-order valence-electron chi connectivity index (χ0n) is 16.2. The van der Waals surface area contributed by atoms with Gasteiger partial charge in [-0.25, -0.2) is 0 Å². The molecule has 3 atom stereocenters. The van der Waals surface area contributed by atoms with Gasteiger partial charge in [0.05, 0.1) is 13.2 Å². The number of carbonyl (C=O) groups excluding carboxylic acids is 1. The van der Waals surface area contributed by atoms with Gasteiger partial charge in [-0.3, -0.25) is 4.79 Å². The molecule has 2 heterocycles. The van der Waals surface area contributed by atoms with Crippen LogP contribution >= 0.6 is 0 Å². The Bertz CT molecular complexity index is 1050. The molecule has 0 amide bonds. The Morgan fingerprint density at radius 3 is 2.28 bits per heavy atom. The number of benzene rings is 3. The Labute approximate surface area is 169 Å². The number of ether oxygens (including phenoxy) is 3. The second kappa shape index (κ2) is 6.72. The Kier molecular flexibility index (Phi) is 4.15. The Morgan fingerprint density at radius 1 is 0.897 bits per heavy atom. The average Bonchev–Trinajstić information content (AvgIpc) is 3.11. The van der Waals surface area contributed by atoms with Gasteiger partial charge in [0.1, 0.15) is 5.75 Å². The quantitative estimate of drug-likeness (QED) is 0.668. The van der Waals surface area contributed by atoms with Gasteiger partial charge in [-0.2, -0.15) is 0 Å². The van der Waals surface area contributed by atoms with Crippen LogP contribution in [0.3, 0.4) is 0 Å². The smallest absolute Gasteiger partial charge is 0.282 e. The molecular formula is C24H21NO4. The zero-order valence-corrected chi connectivity index (χ0v) is 16.2. The standard InChI is InChI=1S/C24H21NO4/c1-27-18-14-12-16(13-15-18)21-23-22(26)19-10-6-7-11-20(19)24(28-2,29-23)25(21)17-8-4-3-5-9-17/h3-15,21,23H,1-2H3/t21-,23+,24+/m0/s1. The SMILES string of the molecule is COc1ccc([C@H]2[C@H]3O[C@](OC)(c4ccccc4C3=O)N2c2ccccc2)cc1. The van der Waals surface area contributed by atoms with Gasteiger partial charge in [0, 0.05) is 23.9 Å². The van der Waals surface area contributed by atoms with Crippen LogP contribution in [0.5, 0.6) is 5.75 Å². The maximum absolute atomic E-state index is 13.4. The zero-order chi connectivity index (χ0) is 20.0. The topological polar surface area (TPSA) is 48.0 Å². The van der Waals surface area contributed by atoms with Crippen LogP contribution in [-0.2, 0) is 15.4 Å². The van der Waals surface area contributed by atoms with Crippen molar-refractivity contribution >= 4 is 11.5 Å². The van der Waals surface area contributed by atoms with Gasteiger partial charge in [0.15, 0.2) is 11.9 Å². The molecule has 0 N–H and O–H groups in total. The van der Waals surface area contributed by atoms with Gasteiger partial charge in [-0.05, 0) is 29.8 Å². The summed E-state index contributed by atoms with van der Waals surface area (Å²) in [5.41, 5.74) is 3.24. The molecule has 0 saturated carbocycles. The van der Waals surface area contributed by atoms with Crippen LogP contribution in [-0.4, -0.2) is 26.1 Å². The third kappa shape index (κ3) is 2.51. The monoisotopic (exact) mass is 387 g/mol. The highest BCUT2D eigenvalue weighted by atomic mass is 16.7. The number of anilines is 1. The number of hydrogen-bond acceptors (Lipinski definition) is 5. The van der Waals surface area contributed by atoms with Gasteiger partial charge >= 0.3 is 0 Å². The van der Waals surface area contributed by atoms with Crippen molar-refractivity contribution in [3.63, 3.8) is 0 Å². The van der Waals surface area contributed by atoms with Crippen molar-refractivity contribution in [3.05, 3.63) is 95.6 Å². The molecule has 0 radical (unpaired) electrons. The van der Waals surface area contributed by atoms with Gasteiger partial charge in [0.2, 0.25) is 0 Å². The average molecular weight is 387 g/mol. The number of fused-ring (bicyclic) bond motifs is 4. The lowest BCUT2D eigenvalue weighted by Gasteiger charge is -2.40. The highest BCUT2D eigenvalue weighted by Crippen LogP contribution is 2.54. The van der Waals surface area contributed by atoms with Gasteiger partial charge < -0.3 is 19.1 Å². The predicted molar refractivity (Wildman–Crippen MR) is 109 cm³/mol. The first-order valence-electron chi connectivity index (χ1n) is 9.54. The number of ketones is 1. The molecule has 0 unspecified atom stereocenters. The fraction of sp³-hybridized carbons (Fsp3) is 0.208. The van der Waals surface area contributed by atoms with E-state index < -0.39 is 12.0 Å². The van der Waals surface area contributed by atoms with Crippen LogP contribution < -0.4 is 9.64 Å². The van der Waals surface area contributed by atoms with E-state index in [2.05, 4.69) is 4.90 Å². The van der Waals surface area contributed by atoms with Crippen LogP contribution in [0.1, 0.15) is 27.5 Å². The summed E-state index contributed by atoms with van der Waals surface area (Å²) in [6.45, 7) is 0. The van der Waals surface area contributed by atoms with Crippen LogP contribution in [0.15, 0.2) is 78.9 Å². The Morgan fingerprint density at radius 2 is 1.59 bits per heavy atom. The van der Waals surface area contributed by atoms with E-state index in [9.17, 15) is 4.79 Å². The van der Waals surface area contributed by atoms with Crippen LogP contribution in [0.4, 0.5) is 5.69 Å². The van der Waals surface area contributed by atoms with E-state index in [1.54, 1.807) is 14.2 Å². The first kappa shape index (κ1) is 17.9. The van der Waals surface area contributed by atoms with Crippen LogP contribution in [0, 0.1) is 0 Å². The van der Waals surface area contributed by atoms with Gasteiger partial charge in [-0.1, -0.05) is 54.6 Å². The molecule has 29 heavy (non-hydrogen) atoms.